The maximum atomic E-state index is 12.8. The van der Waals surface area contributed by atoms with Gasteiger partial charge in [0, 0.05) is 195 Å². The highest BCUT2D eigenvalue weighted by Gasteiger charge is 2.27. The summed E-state index contributed by atoms with van der Waals surface area (Å²) in [5.74, 6) is 1.36. The second kappa shape index (κ2) is 38.1. The van der Waals surface area contributed by atoms with E-state index in [2.05, 4.69) is 73.4 Å². The lowest BCUT2D eigenvalue weighted by Crippen LogP contribution is -2.48. The second-order valence-corrected chi connectivity index (χ2v) is 27.9. The first-order valence-electron chi connectivity index (χ1n) is 37.2. The average molecular weight is 1500 g/mol. The summed E-state index contributed by atoms with van der Waals surface area (Å²) in [4.78, 5) is 110. The Hall–Kier alpha value is -12.1. The monoisotopic (exact) mass is 1500 g/mol. The molecule has 0 spiro atoms. The van der Waals surface area contributed by atoms with Crippen LogP contribution >= 0.6 is 11.6 Å². The zero-order chi connectivity index (χ0) is 76.6. The summed E-state index contributed by atoms with van der Waals surface area (Å²) < 4.78 is 11.2. The molecule has 568 valence electrons. The summed E-state index contributed by atoms with van der Waals surface area (Å²) >= 11 is 6.34. The fourth-order valence-corrected chi connectivity index (χ4v) is 12.8. The van der Waals surface area contributed by atoms with E-state index in [1.54, 1.807) is 79.7 Å². The Bertz CT molecular complexity index is 4990. The van der Waals surface area contributed by atoms with Gasteiger partial charge in [-0.2, -0.15) is 0 Å². The number of nitrogens with one attached hydrogen (secondary N) is 5. The summed E-state index contributed by atoms with van der Waals surface area (Å²) in [6.07, 6.45) is 18.5. The van der Waals surface area contributed by atoms with Gasteiger partial charge >= 0.3 is 6.09 Å². The number of hydrogen-bond acceptors (Lipinski definition) is 19. The molecule has 3 aliphatic rings. The summed E-state index contributed by atoms with van der Waals surface area (Å²) in [5, 5.41) is 15.8. The molecular weight excluding hydrogens is 1410 g/mol. The number of anilines is 2. The normalized spacial score (nSPS) is 13.6. The Kier molecular flexibility index (Phi) is 26.9. The van der Waals surface area contributed by atoms with Gasteiger partial charge in [-0.1, -0.05) is 103 Å². The molecule has 0 unspecified atom stereocenters. The number of rotatable bonds is 20. The Morgan fingerprint density at radius 1 is 0.427 bits per heavy atom. The van der Waals surface area contributed by atoms with Crippen molar-refractivity contribution in [1.29, 1.82) is 0 Å². The van der Waals surface area contributed by atoms with Crippen molar-refractivity contribution in [2.75, 3.05) is 108 Å². The van der Waals surface area contributed by atoms with E-state index in [9.17, 15) is 24.0 Å². The van der Waals surface area contributed by atoms with Gasteiger partial charge in [-0.3, -0.25) is 19.2 Å². The van der Waals surface area contributed by atoms with Gasteiger partial charge in [0.05, 0.1) is 52.1 Å². The van der Waals surface area contributed by atoms with Crippen molar-refractivity contribution in [3.8, 4) is 33.8 Å². The van der Waals surface area contributed by atoms with E-state index in [1.165, 1.54) is 0 Å². The highest BCUT2D eigenvalue weighted by molar-refractivity contribution is 6.32. The van der Waals surface area contributed by atoms with Crippen molar-refractivity contribution in [2.24, 2.45) is 0 Å². The van der Waals surface area contributed by atoms with Gasteiger partial charge in [0.15, 0.2) is 16.8 Å². The number of ether oxygens (including phenoxy) is 1. The van der Waals surface area contributed by atoms with Crippen LogP contribution in [0.2, 0.25) is 5.15 Å². The average Bonchev–Trinajstić information content (AvgIpc) is 1.06. The van der Waals surface area contributed by atoms with Crippen LogP contribution in [0.3, 0.4) is 0 Å². The molecule has 0 saturated carbocycles. The lowest BCUT2D eigenvalue weighted by atomic mass is 10.1. The first-order chi connectivity index (χ1) is 53.5. The predicted molar refractivity (Wildman–Crippen MR) is 428 cm³/mol. The first kappa shape index (κ1) is 77.5. The lowest BCUT2D eigenvalue weighted by molar-refractivity contribution is -0.129. The number of carbonyl (C=O) groups excluding carboxylic acids is 5. The van der Waals surface area contributed by atoms with E-state index in [0.717, 1.165) is 148 Å². The Morgan fingerprint density at radius 2 is 0.791 bits per heavy atom. The molecule has 110 heavy (non-hydrogen) atoms. The molecule has 5 N–H and O–H groups in total. The highest BCUT2D eigenvalue weighted by Crippen LogP contribution is 2.33. The van der Waals surface area contributed by atoms with Gasteiger partial charge < -0.3 is 64.6 Å². The quantitative estimate of drug-likeness (QED) is 0.0443. The number of halogens is 1. The molecule has 3 saturated heterocycles. The molecule has 12 aromatic rings. The topological polar surface area (TPSA) is 298 Å². The molecule has 5 amide bonds. The van der Waals surface area contributed by atoms with Crippen molar-refractivity contribution in [3.05, 3.63) is 224 Å². The van der Waals surface area contributed by atoms with Crippen molar-refractivity contribution in [1.82, 2.24) is 94.9 Å². The molecule has 0 bridgehead atoms. The van der Waals surface area contributed by atoms with Crippen molar-refractivity contribution < 1.29 is 28.7 Å². The third kappa shape index (κ3) is 21.6. The number of aryl methyl sites for hydroxylation is 3. The van der Waals surface area contributed by atoms with E-state index < -0.39 is 0 Å². The van der Waals surface area contributed by atoms with Crippen molar-refractivity contribution >= 4 is 86.1 Å². The zero-order valence-corrected chi connectivity index (χ0v) is 63.1. The summed E-state index contributed by atoms with van der Waals surface area (Å²) in [6.45, 7) is 20.8. The van der Waals surface area contributed by atoms with Crippen molar-refractivity contribution in [2.45, 2.75) is 72.2 Å². The number of benzene rings is 6. The fraction of sp³-hybridized carbons (Fsp3) is 0.317. The number of aromatic nitrogens is 12. The van der Waals surface area contributed by atoms with Crippen LogP contribution in [-0.2, 0) is 29.2 Å². The summed E-state index contributed by atoms with van der Waals surface area (Å²) in [5.41, 5.74) is 10.7. The molecule has 0 atom stereocenters. The minimum atomic E-state index is -0.387. The molecular formula is C82H92ClN21O6. The molecule has 9 heterocycles. The molecule has 0 radical (unpaired) electrons. The zero-order valence-electron chi connectivity index (χ0n) is 62.4. The Balaban J connectivity index is 0.000000143. The number of hydrogen-bond donors (Lipinski definition) is 5. The van der Waals surface area contributed by atoms with Gasteiger partial charge in [-0.15, -0.1) is 0 Å². The molecule has 6 aromatic heterocycles. The van der Waals surface area contributed by atoms with Crippen LogP contribution in [0.25, 0.3) is 66.9 Å². The SMILES string of the molecule is CC(=O)N1CCN(c2nc3cc(C(=O)NCCCn4ccnc4)ccc3nc2-c2ccccc2)CC1.CC(C)(C)OC(=O)N1CCNCC1.O=C(NCCCn1ccnc1)c1ccc2nc(-c3ccccc3)c(Cl)nc2c1.O=C(NCCCn1ccnc1)c1ccc2nc(-c3ccccc3)c(N3CCNCC3)nc2c1. The van der Waals surface area contributed by atoms with Crippen molar-refractivity contribution in [3.63, 3.8) is 0 Å². The Labute approximate surface area is 643 Å². The molecule has 3 fully saturated rings. The molecule has 0 aliphatic carbocycles. The summed E-state index contributed by atoms with van der Waals surface area (Å²) in [6, 6.07) is 46.1. The van der Waals surface area contributed by atoms with Gasteiger partial charge in [-0.25, -0.2) is 49.7 Å². The van der Waals surface area contributed by atoms with Crippen LogP contribution in [0.5, 0.6) is 0 Å². The molecule has 3 aliphatic heterocycles. The maximum Gasteiger partial charge on any atom is 0.410 e. The number of nitrogens with zero attached hydrogens (tertiary/aromatic N) is 16. The van der Waals surface area contributed by atoms with E-state index in [-0.39, 0.29) is 35.3 Å². The van der Waals surface area contributed by atoms with Gasteiger partial charge in [0.2, 0.25) is 5.91 Å². The molecule has 15 rings (SSSR count). The number of piperazine rings is 3. The number of carbonyl (C=O) groups is 5. The molecule has 6 aromatic carbocycles. The van der Waals surface area contributed by atoms with Crippen LogP contribution in [0, 0.1) is 0 Å². The van der Waals surface area contributed by atoms with Gasteiger partial charge in [-0.05, 0) is 94.6 Å². The number of amides is 5. The van der Waals surface area contributed by atoms with E-state index in [0.29, 0.717) is 89.9 Å². The second-order valence-electron chi connectivity index (χ2n) is 27.5. The smallest absolute Gasteiger partial charge is 0.410 e. The number of imidazole rings is 3. The maximum absolute atomic E-state index is 12.8. The highest BCUT2D eigenvalue weighted by atomic mass is 35.5. The van der Waals surface area contributed by atoms with Crippen LogP contribution in [0.1, 0.15) is 78.0 Å². The van der Waals surface area contributed by atoms with Crippen LogP contribution in [0.15, 0.2) is 202 Å². The van der Waals surface area contributed by atoms with E-state index >= 15 is 0 Å². The minimum absolute atomic E-state index is 0.0863. The molecule has 27 nitrogen and oxygen atoms in total. The fourth-order valence-electron chi connectivity index (χ4n) is 12.6. The molecule has 28 heteroatoms. The Morgan fingerprint density at radius 3 is 1.16 bits per heavy atom. The van der Waals surface area contributed by atoms with Crippen LogP contribution < -0.4 is 36.4 Å². The standard InChI is InChI=1S/C27H29N7O2.C25H27N7O.C21H18ClN5O.C9H18N2O2/c1-20(35)33-14-16-34(17-15-33)26-25(21-6-3-2-4-7-21)30-23-9-8-22(18-24(23)31-26)27(36)29-10-5-12-32-13-11-28-19-32;33-25(28-9-4-13-31-14-10-27-18-31)20-7-8-21-22(17-20)30-24(32-15-11-26-12-16-32)23(29-21)19-5-2-1-3-6-19;22-20-19(15-5-2-1-3-6-15)25-17-8-7-16(13-18(17)26-20)21(28)24-9-4-11-27-12-10-23-14-27;1-9(2,3)13-8(12)11-6-4-10-5-7-11/h2-4,6-9,11,13,18-19H,5,10,12,14-17H2,1H3,(H,29,36);1-3,5-8,10,14,17-18,26H,4,9,11-13,15-16H2,(H,28,33);1-3,5-8,10,12-14H,4,9,11H2,(H,24,28);10H,4-7H2,1-3H3. The summed E-state index contributed by atoms with van der Waals surface area (Å²) in [7, 11) is 0. The first-order valence-corrected chi connectivity index (χ1v) is 37.6. The predicted octanol–water partition coefficient (Wildman–Crippen LogP) is 10.5. The van der Waals surface area contributed by atoms with E-state index in [4.69, 9.17) is 36.3 Å². The van der Waals surface area contributed by atoms with Crippen LogP contribution in [0.4, 0.5) is 16.4 Å². The van der Waals surface area contributed by atoms with Gasteiger partial charge in [0.1, 0.15) is 22.7 Å². The third-order valence-corrected chi connectivity index (χ3v) is 18.6. The lowest BCUT2D eigenvalue weighted by Gasteiger charge is -2.35. The van der Waals surface area contributed by atoms with Gasteiger partial charge in [0.25, 0.3) is 17.7 Å². The van der Waals surface area contributed by atoms with E-state index in [1.807, 2.05) is 161 Å². The number of fused-ring (bicyclic) bond motifs is 3. The minimum Gasteiger partial charge on any atom is -0.444 e. The third-order valence-electron chi connectivity index (χ3n) is 18.4. The largest absolute Gasteiger partial charge is 0.444 e. The van der Waals surface area contributed by atoms with Crippen LogP contribution in [-0.4, -0.2) is 202 Å².